The highest BCUT2D eigenvalue weighted by Gasteiger charge is 2.27. The lowest BCUT2D eigenvalue weighted by molar-refractivity contribution is -0.139. The summed E-state index contributed by atoms with van der Waals surface area (Å²) in [5.74, 6) is -2.56. The predicted octanol–water partition coefficient (Wildman–Crippen LogP) is 4.31. The maximum absolute atomic E-state index is 12.7. The van der Waals surface area contributed by atoms with Crippen LogP contribution in [-0.2, 0) is 14.4 Å². The second kappa shape index (κ2) is 18.1. The quantitative estimate of drug-likeness (QED) is 0.0698. The van der Waals surface area contributed by atoms with Gasteiger partial charge in [0.1, 0.15) is 28.9 Å². The lowest BCUT2D eigenvalue weighted by Crippen LogP contribution is -2.48. The summed E-state index contributed by atoms with van der Waals surface area (Å²) in [7, 11) is -3.94. The van der Waals surface area contributed by atoms with Crippen molar-refractivity contribution in [2.24, 2.45) is 16.0 Å². The molecule has 2 amide bonds. The van der Waals surface area contributed by atoms with Gasteiger partial charge in [0, 0.05) is 29.7 Å². The minimum Gasteiger partial charge on any atom is -0.480 e. The van der Waals surface area contributed by atoms with Crippen LogP contribution >= 0.6 is 10.9 Å². The second-order valence-electron chi connectivity index (χ2n) is 9.84. The third-order valence-electron chi connectivity index (χ3n) is 6.54. The van der Waals surface area contributed by atoms with Gasteiger partial charge in [0.25, 0.3) is 7.36 Å². The van der Waals surface area contributed by atoms with Gasteiger partial charge >= 0.3 is 5.97 Å². The number of hydrogen-bond donors (Lipinski definition) is 9. The Morgan fingerprint density at radius 3 is 2.29 bits per heavy atom. The third kappa shape index (κ3) is 11.2. The lowest BCUT2D eigenvalue weighted by Gasteiger charge is -2.20. The van der Waals surface area contributed by atoms with Crippen LogP contribution in [0.5, 0.6) is 0 Å². The van der Waals surface area contributed by atoms with Crippen molar-refractivity contribution < 1.29 is 42.7 Å². The number of anilines is 1. The SMILES string of the molecule is C.C.N=C(N)c1ccc(C2=NOC(CC(=O)NC[C@H](NC(=O)c3ccc(N/N=C/c4ccccc4S(O)(O)O)cc3)C(=O)O)C2)cc1.[3H]F. The average molecular weight is 692 g/mol. The summed E-state index contributed by atoms with van der Waals surface area (Å²) in [5.41, 5.74) is 11.0. The van der Waals surface area contributed by atoms with E-state index in [0.29, 0.717) is 23.4 Å². The normalized spacial score (nSPS) is 14.6. The van der Waals surface area contributed by atoms with E-state index >= 15 is 0 Å². The van der Waals surface area contributed by atoms with E-state index in [2.05, 4.69) is 27.8 Å². The summed E-state index contributed by atoms with van der Waals surface area (Å²) >= 11 is 0. The van der Waals surface area contributed by atoms with E-state index in [-0.39, 0.29) is 49.7 Å². The molecule has 15 nitrogen and oxygen atoms in total. The summed E-state index contributed by atoms with van der Waals surface area (Å²) in [6, 6.07) is 17.4. The first-order chi connectivity index (χ1) is 22.4. The zero-order chi connectivity index (χ0) is 34.6. The molecular formula is C31H40FN7O8S. The number of carboxylic acid groups (broad SMARTS) is 1. The molecule has 260 valence electrons. The Kier molecular flexibility index (Phi) is 14.6. The molecule has 2 atom stereocenters. The fraction of sp³-hybridized carbons (Fsp3) is 0.226. The molecule has 1 aliphatic heterocycles. The molecule has 10 N–H and O–H groups in total. The number of carbonyl (C=O) groups is 3. The van der Waals surface area contributed by atoms with Crippen LogP contribution in [-0.4, -0.2) is 74.5 Å². The number of oxime groups is 1. The van der Waals surface area contributed by atoms with Crippen molar-refractivity contribution in [1.29, 1.82) is 6.86 Å². The van der Waals surface area contributed by atoms with Crippen LogP contribution in [0, 0.1) is 5.41 Å². The van der Waals surface area contributed by atoms with Gasteiger partial charge in [0.2, 0.25) is 5.91 Å². The standard InChI is InChI=1S/C29H31N7O8S.2CH4.FH/c30-27(31)18-7-5-17(6-8-18)23-13-22(44-36-23)14-26(37)32-16-24(29(39)40)34-28(38)19-9-11-21(12-10-19)35-33-15-20-3-1-2-4-25(20)45(41,42)43;;;/h1-12,15,22,24,35,41-43H,13-14,16H2,(H3,30,31)(H,32,37)(H,34,38)(H,39,40);2*1H4;1H/b33-15+;;;/t22?,24-;;;/m0.../s1/i/hT. The number of halogens is 1. The van der Waals surface area contributed by atoms with Crippen molar-refractivity contribution >= 4 is 52.1 Å². The highest BCUT2D eigenvalue weighted by molar-refractivity contribution is 8.19. The van der Waals surface area contributed by atoms with Crippen LogP contribution in [0.4, 0.5) is 10.4 Å². The molecule has 48 heavy (non-hydrogen) atoms. The maximum atomic E-state index is 12.7. The minimum absolute atomic E-state index is 0. The highest BCUT2D eigenvalue weighted by Crippen LogP contribution is 2.44. The van der Waals surface area contributed by atoms with E-state index in [4.69, 9.17) is 20.7 Å². The molecule has 4 rings (SSSR count). The van der Waals surface area contributed by atoms with Gasteiger partial charge in [0.15, 0.2) is 0 Å². The topological polar surface area (TPSA) is 252 Å². The first kappa shape index (κ1) is 38.8. The summed E-state index contributed by atoms with van der Waals surface area (Å²) in [6.45, 7) is -0.360. The Hall–Kier alpha value is -5.36. The van der Waals surface area contributed by atoms with Crippen LogP contribution in [0.15, 0.2) is 87.9 Å². The van der Waals surface area contributed by atoms with E-state index in [1.54, 1.807) is 30.3 Å². The lowest BCUT2D eigenvalue weighted by atomic mass is 10.0. The zero-order valence-electron chi connectivity index (χ0n) is 25.0. The first-order valence-corrected chi connectivity index (χ1v) is 14.9. The molecule has 3 aromatic carbocycles. The number of hydrogen-bond acceptors (Lipinski definition) is 11. The van der Waals surface area contributed by atoms with Crippen LogP contribution < -0.4 is 21.8 Å². The maximum Gasteiger partial charge on any atom is 0.328 e. The smallest absolute Gasteiger partial charge is 0.328 e. The highest BCUT2D eigenvalue weighted by atomic mass is 32.3. The number of aliphatic carboxylic acids is 1. The number of rotatable bonds is 13. The number of carbonyl (C=O) groups excluding carboxylic acids is 2. The van der Waals surface area contributed by atoms with Crippen molar-refractivity contribution in [3.63, 3.8) is 0 Å². The van der Waals surface area contributed by atoms with Gasteiger partial charge in [0.05, 0.1) is 28.9 Å². The van der Waals surface area contributed by atoms with Gasteiger partial charge < -0.3 is 40.0 Å². The molecule has 0 saturated heterocycles. The van der Waals surface area contributed by atoms with Crippen LogP contribution in [0.25, 0.3) is 0 Å². The van der Waals surface area contributed by atoms with Gasteiger partial charge in [-0.1, -0.05) is 62.5 Å². The molecule has 0 fully saturated rings. The van der Waals surface area contributed by atoms with E-state index in [0.717, 1.165) is 5.56 Å². The first-order valence-electron chi connectivity index (χ1n) is 13.7. The molecule has 0 radical (unpaired) electrons. The van der Waals surface area contributed by atoms with Crippen molar-refractivity contribution in [1.82, 2.24) is 10.6 Å². The average Bonchev–Trinajstić information content (AvgIpc) is 3.52. The fourth-order valence-corrected chi connectivity index (χ4v) is 4.89. The van der Waals surface area contributed by atoms with Crippen LogP contribution in [0.3, 0.4) is 0 Å². The second-order valence-corrected chi connectivity index (χ2v) is 11.3. The molecule has 3 aromatic rings. The summed E-state index contributed by atoms with van der Waals surface area (Å²) in [4.78, 5) is 42.2. The van der Waals surface area contributed by atoms with Gasteiger partial charge in [-0.25, -0.2) is 4.79 Å². The Labute approximate surface area is 279 Å². The van der Waals surface area contributed by atoms with Gasteiger partial charge in [-0.3, -0.25) is 25.1 Å². The minimum atomic E-state index is -3.94. The number of amidine groups is 1. The van der Waals surface area contributed by atoms with E-state index in [1.165, 1.54) is 48.7 Å². The molecule has 0 aromatic heterocycles. The van der Waals surface area contributed by atoms with Crippen molar-refractivity contribution in [3.8, 4) is 0 Å². The van der Waals surface area contributed by atoms with Crippen LogP contribution in [0.2, 0.25) is 0 Å². The van der Waals surface area contributed by atoms with Gasteiger partial charge in [-0.2, -0.15) is 5.10 Å². The Bertz CT molecular complexity index is 1640. The number of nitrogens with zero attached hydrogens (tertiary/aromatic N) is 2. The third-order valence-corrected chi connectivity index (χ3v) is 7.50. The summed E-state index contributed by atoms with van der Waals surface area (Å²) in [6.07, 6.45) is 1.01. The number of nitrogens with two attached hydrogens (primary N) is 1. The number of carboxylic acids is 1. The Morgan fingerprint density at radius 2 is 1.69 bits per heavy atom. The largest absolute Gasteiger partial charge is 0.480 e. The van der Waals surface area contributed by atoms with Crippen molar-refractivity contribution in [2.75, 3.05) is 12.0 Å². The number of benzene rings is 3. The number of amides is 2. The number of hydrazone groups is 1. The molecule has 0 bridgehead atoms. The van der Waals surface area contributed by atoms with E-state index in [9.17, 15) is 33.1 Å². The summed E-state index contributed by atoms with van der Waals surface area (Å²) < 4.78 is 41.6. The molecule has 1 unspecified atom stereocenters. The van der Waals surface area contributed by atoms with Gasteiger partial charge in [-0.15, -0.1) is 0 Å². The Balaban J connectivity index is 0.00000295. The molecular weight excluding hydrogens is 649 g/mol. The van der Waals surface area contributed by atoms with Crippen molar-refractivity contribution in [2.45, 2.75) is 44.7 Å². The Morgan fingerprint density at radius 1 is 1.06 bits per heavy atom. The number of nitrogen functional groups attached to an aromatic ring is 1. The van der Waals surface area contributed by atoms with E-state index < -0.39 is 40.8 Å². The zero-order valence-corrected chi connectivity index (χ0v) is 24.8. The molecule has 17 heteroatoms. The van der Waals surface area contributed by atoms with Crippen LogP contribution in [0.1, 0.15) is 54.7 Å². The van der Waals surface area contributed by atoms with Crippen molar-refractivity contribution in [3.05, 3.63) is 95.1 Å². The molecule has 0 spiro atoms. The monoisotopic (exact) mass is 691 g/mol. The molecule has 0 saturated carbocycles. The molecule has 1 aliphatic rings. The predicted molar refractivity (Wildman–Crippen MR) is 184 cm³/mol. The summed E-state index contributed by atoms with van der Waals surface area (Å²) in [5, 5.41) is 30.0. The molecule has 1 heterocycles. The van der Waals surface area contributed by atoms with E-state index in [1.807, 2.05) is 0 Å². The molecule has 0 aliphatic carbocycles. The fourth-order valence-electron chi connectivity index (χ4n) is 4.20. The number of nitrogens with one attached hydrogen (secondary N) is 4. The van der Waals surface area contributed by atoms with Gasteiger partial charge in [-0.05, 0) is 35.9 Å².